The number of carbonyl (C=O) groups excluding carboxylic acids is 2. The molecule has 0 radical (unpaired) electrons. The van der Waals surface area contributed by atoms with E-state index in [0.29, 0.717) is 68.8 Å². The number of rotatable bonds is 6. The fraction of sp³-hybridized carbons (Fsp3) is 0.267. The van der Waals surface area contributed by atoms with E-state index in [1.165, 1.54) is 0 Å². The molecule has 0 aliphatic carbocycles. The molecule has 2 aliphatic heterocycles. The van der Waals surface area contributed by atoms with Crippen LogP contribution >= 0.6 is 0 Å². The molecule has 8 nitrogen and oxygen atoms in total. The Labute approximate surface area is 237 Å². The summed E-state index contributed by atoms with van der Waals surface area (Å²) >= 11 is 0. The van der Waals surface area contributed by atoms with Crippen LogP contribution in [0.1, 0.15) is 82.3 Å². The zero-order valence-electron chi connectivity index (χ0n) is 22.2. The van der Waals surface area contributed by atoms with Crippen LogP contribution in [0.15, 0.2) is 24.3 Å². The van der Waals surface area contributed by atoms with Crippen LogP contribution in [0.4, 0.5) is 0 Å². The quantitative estimate of drug-likeness (QED) is 0.200. The van der Waals surface area contributed by atoms with Crippen molar-refractivity contribution in [3.63, 3.8) is 0 Å². The van der Waals surface area contributed by atoms with Crippen molar-refractivity contribution in [3.8, 4) is 0 Å². The molecule has 0 saturated heterocycles. The van der Waals surface area contributed by atoms with E-state index in [1.807, 2.05) is 38.1 Å². The predicted octanol–water partition coefficient (Wildman–Crippen LogP) is 5.39. The molecule has 0 saturated carbocycles. The number of nitrogens with zero attached hydrogens (tertiary/aromatic N) is 4. The smallest absolute Gasteiger partial charge is 0.657 e. The molecule has 198 valence electrons. The molecular formula is C30H28MnN4O4+. The summed E-state index contributed by atoms with van der Waals surface area (Å²) in [6, 6.07) is 7.35. The molecule has 3 aromatic rings. The van der Waals surface area contributed by atoms with E-state index in [1.54, 1.807) is 38.1 Å². The van der Waals surface area contributed by atoms with Crippen LogP contribution in [0.3, 0.4) is 0 Å². The van der Waals surface area contributed by atoms with Crippen molar-refractivity contribution in [2.75, 3.05) is 13.2 Å². The van der Waals surface area contributed by atoms with Crippen LogP contribution in [0.25, 0.3) is 46.4 Å². The third kappa shape index (κ3) is 5.20. The van der Waals surface area contributed by atoms with Gasteiger partial charge in [0, 0.05) is 0 Å². The van der Waals surface area contributed by atoms with Crippen LogP contribution in [-0.4, -0.2) is 35.1 Å². The van der Waals surface area contributed by atoms with E-state index in [0.717, 1.165) is 11.1 Å². The Bertz CT molecular complexity index is 1540. The maximum atomic E-state index is 13.1. The van der Waals surface area contributed by atoms with Gasteiger partial charge in [0.15, 0.2) is 0 Å². The second-order valence-electron chi connectivity index (χ2n) is 8.72. The SMILES string of the molecule is CCOC(=O)c1c2nc(c(CC)c3ccc([n-]3)c(C(=O)OCC)c3nc(c(CC)c4ccc1[n-]4)C=C3)C=C2.[Mn+3]. The van der Waals surface area contributed by atoms with Crippen LogP contribution in [0, 0.1) is 0 Å². The number of aryl methyl sites for hydroxylation is 2. The molecule has 3 aromatic heterocycles. The van der Waals surface area contributed by atoms with Gasteiger partial charge in [-0.2, -0.15) is 0 Å². The summed E-state index contributed by atoms with van der Waals surface area (Å²) in [6.07, 6.45) is 8.63. The zero-order chi connectivity index (χ0) is 26.8. The number of esters is 2. The van der Waals surface area contributed by atoms with Crippen molar-refractivity contribution >= 4 is 58.3 Å². The van der Waals surface area contributed by atoms with E-state index in [-0.39, 0.29) is 30.3 Å². The van der Waals surface area contributed by atoms with Gasteiger partial charge in [0.2, 0.25) is 0 Å². The minimum atomic E-state index is -0.477. The zero-order valence-corrected chi connectivity index (χ0v) is 23.4. The van der Waals surface area contributed by atoms with Crippen molar-refractivity contribution < 1.29 is 36.1 Å². The Morgan fingerprint density at radius 3 is 1.33 bits per heavy atom. The maximum absolute atomic E-state index is 13.1. The van der Waals surface area contributed by atoms with Gasteiger partial charge >= 0.3 is 29.0 Å². The van der Waals surface area contributed by atoms with Crippen molar-refractivity contribution in [2.45, 2.75) is 40.5 Å². The first-order chi connectivity index (χ1) is 18.5. The van der Waals surface area contributed by atoms with Crippen molar-refractivity contribution in [1.82, 2.24) is 19.9 Å². The molecule has 0 aromatic carbocycles. The van der Waals surface area contributed by atoms with E-state index in [2.05, 4.69) is 0 Å². The summed E-state index contributed by atoms with van der Waals surface area (Å²) in [6.45, 7) is 8.05. The summed E-state index contributed by atoms with van der Waals surface area (Å²) in [5, 5.41) is 0. The second-order valence-corrected chi connectivity index (χ2v) is 8.72. The number of fused-ring (bicyclic) bond motifs is 8. The Morgan fingerprint density at radius 1 is 0.615 bits per heavy atom. The fourth-order valence-corrected chi connectivity index (χ4v) is 4.75. The topological polar surface area (TPSA) is 107 Å². The van der Waals surface area contributed by atoms with Crippen molar-refractivity contribution in [2.24, 2.45) is 0 Å². The summed E-state index contributed by atoms with van der Waals surface area (Å²) in [5.41, 5.74) is 7.11. The van der Waals surface area contributed by atoms with Crippen molar-refractivity contribution in [3.05, 3.63) is 69.3 Å². The summed E-state index contributed by atoms with van der Waals surface area (Å²) in [5.74, 6) is -0.953. The van der Waals surface area contributed by atoms with Gasteiger partial charge in [0.05, 0.1) is 47.1 Å². The summed E-state index contributed by atoms with van der Waals surface area (Å²) in [7, 11) is 0. The third-order valence-corrected chi connectivity index (χ3v) is 6.49. The minimum Gasteiger partial charge on any atom is -0.657 e. The number of carbonyl (C=O) groups is 2. The van der Waals surface area contributed by atoms with Gasteiger partial charge in [-0.25, -0.2) is 19.6 Å². The first kappa shape index (κ1) is 28.1. The first-order valence-corrected chi connectivity index (χ1v) is 12.9. The van der Waals surface area contributed by atoms with Gasteiger partial charge in [-0.1, -0.05) is 38.1 Å². The molecule has 2 aliphatic rings. The van der Waals surface area contributed by atoms with Gasteiger partial charge < -0.3 is 19.4 Å². The predicted molar refractivity (Wildman–Crippen MR) is 147 cm³/mol. The monoisotopic (exact) mass is 563 g/mol. The summed E-state index contributed by atoms with van der Waals surface area (Å²) in [4.78, 5) is 45.4. The van der Waals surface area contributed by atoms with E-state index >= 15 is 0 Å². The normalized spacial score (nSPS) is 11.8. The molecule has 0 atom stereocenters. The van der Waals surface area contributed by atoms with Crippen molar-refractivity contribution in [1.29, 1.82) is 0 Å². The molecule has 8 bridgehead atoms. The van der Waals surface area contributed by atoms with Gasteiger partial charge in [0.25, 0.3) is 0 Å². The van der Waals surface area contributed by atoms with E-state index in [9.17, 15) is 9.59 Å². The molecule has 9 heteroatoms. The Balaban J connectivity index is 0.00000353. The number of aromatic nitrogens is 4. The fourth-order valence-electron chi connectivity index (χ4n) is 4.75. The molecule has 0 fully saturated rings. The number of hydrogen-bond donors (Lipinski definition) is 0. The molecule has 0 spiro atoms. The standard InChI is InChI=1S/C30H29N4O4.Mn/c1-5-17-19-9-13-23(31-19)27(29(35)37-7-3)25-15-11-21(33-25)18(6-2)22-12-16-26(34-22)28(30(36)38-8-4)24-14-10-20(17)32-24;/h9-16H,5-8H2,1-4H3,(H-,31,32,33,34,35,36);/q-1;+3/p-1. The van der Waals surface area contributed by atoms with Crippen LogP contribution in [-0.2, 0) is 39.4 Å². The molecule has 5 heterocycles. The minimum absolute atomic E-state index is 0. The largest absolute Gasteiger partial charge is 3.00 e. The molecule has 0 amide bonds. The van der Waals surface area contributed by atoms with Gasteiger partial charge in [-0.15, -0.1) is 22.1 Å². The average Bonchev–Trinajstić information content (AvgIpc) is 3.70. The number of ether oxygens (including phenoxy) is 2. The van der Waals surface area contributed by atoms with Crippen LogP contribution in [0.5, 0.6) is 0 Å². The molecule has 39 heavy (non-hydrogen) atoms. The summed E-state index contributed by atoms with van der Waals surface area (Å²) < 4.78 is 10.8. The van der Waals surface area contributed by atoms with Gasteiger partial charge in [-0.05, 0) is 62.1 Å². The van der Waals surface area contributed by atoms with Gasteiger partial charge in [-0.3, -0.25) is 0 Å². The Morgan fingerprint density at radius 2 is 0.974 bits per heavy atom. The molecule has 5 rings (SSSR count). The Hall–Kier alpha value is -3.94. The molecule has 0 N–H and O–H groups in total. The maximum Gasteiger partial charge on any atom is 3.00 e. The average molecular weight is 564 g/mol. The van der Waals surface area contributed by atoms with Crippen LogP contribution in [0.2, 0.25) is 0 Å². The third-order valence-electron chi connectivity index (χ3n) is 6.49. The number of hydrogen-bond acceptors (Lipinski definition) is 6. The van der Waals surface area contributed by atoms with Crippen LogP contribution < -0.4 is 9.97 Å². The van der Waals surface area contributed by atoms with Gasteiger partial charge in [0.1, 0.15) is 0 Å². The second kappa shape index (κ2) is 11.8. The first-order valence-electron chi connectivity index (χ1n) is 12.9. The Kier molecular flexibility index (Phi) is 8.53. The van der Waals surface area contributed by atoms with E-state index in [4.69, 9.17) is 29.4 Å². The molecule has 0 unspecified atom stereocenters. The molecular weight excluding hydrogens is 535 g/mol. The van der Waals surface area contributed by atoms with E-state index < -0.39 is 11.9 Å².